The van der Waals surface area contributed by atoms with E-state index in [2.05, 4.69) is 9.97 Å². The van der Waals surface area contributed by atoms with Gasteiger partial charge in [-0.05, 0) is 0 Å². The minimum atomic E-state index is 0.516. The SMILES string of the molecule is Nc1c[nH+]ccn1. The van der Waals surface area contributed by atoms with Crippen molar-refractivity contribution in [1.29, 1.82) is 0 Å². The van der Waals surface area contributed by atoms with Crippen molar-refractivity contribution in [2.24, 2.45) is 0 Å². The van der Waals surface area contributed by atoms with E-state index in [9.17, 15) is 0 Å². The lowest BCUT2D eigenvalue weighted by atomic mass is 10.7. The van der Waals surface area contributed by atoms with E-state index in [1.807, 2.05) is 0 Å². The number of nitrogens with one attached hydrogen (secondary N) is 1. The molecule has 0 aliphatic heterocycles. The Labute approximate surface area is 41.2 Å². The number of nitrogen functional groups attached to an aromatic ring is 1. The molecule has 0 atom stereocenters. The van der Waals surface area contributed by atoms with Crippen LogP contribution in [0.2, 0.25) is 0 Å². The van der Waals surface area contributed by atoms with Crippen LogP contribution in [0, 0.1) is 0 Å². The molecular formula is C4H6N3+. The van der Waals surface area contributed by atoms with Crippen LogP contribution in [0.1, 0.15) is 0 Å². The molecule has 1 rings (SSSR count). The lowest BCUT2D eigenvalue weighted by molar-refractivity contribution is -0.377. The zero-order valence-electron chi connectivity index (χ0n) is 3.76. The van der Waals surface area contributed by atoms with Crippen molar-refractivity contribution in [3.63, 3.8) is 0 Å². The Morgan fingerprint density at radius 2 is 2.57 bits per heavy atom. The van der Waals surface area contributed by atoms with Crippen LogP contribution in [0.3, 0.4) is 0 Å². The number of hydrogen-bond acceptors (Lipinski definition) is 2. The maximum Gasteiger partial charge on any atom is 0.209 e. The third-order valence-electron chi connectivity index (χ3n) is 0.626. The molecule has 0 saturated carbocycles. The summed E-state index contributed by atoms with van der Waals surface area (Å²) in [5.41, 5.74) is 5.22. The zero-order chi connectivity index (χ0) is 5.11. The van der Waals surface area contributed by atoms with Gasteiger partial charge >= 0.3 is 0 Å². The summed E-state index contributed by atoms with van der Waals surface area (Å²) in [6, 6.07) is 0. The van der Waals surface area contributed by atoms with Gasteiger partial charge in [0.2, 0.25) is 6.20 Å². The molecule has 1 heterocycles. The largest absolute Gasteiger partial charge is 0.379 e. The molecule has 0 aliphatic rings. The van der Waals surface area contributed by atoms with Crippen LogP contribution in [0.4, 0.5) is 5.82 Å². The summed E-state index contributed by atoms with van der Waals surface area (Å²) in [4.78, 5) is 6.50. The van der Waals surface area contributed by atoms with Crippen molar-refractivity contribution < 1.29 is 4.98 Å². The van der Waals surface area contributed by atoms with Crippen molar-refractivity contribution in [2.75, 3.05) is 5.73 Å². The summed E-state index contributed by atoms with van der Waals surface area (Å²) in [7, 11) is 0. The Morgan fingerprint density at radius 3 is 2.86 bits per heavy atom. The van der Waals surface area contributed by atoms with Gasteiger partial charge < -0.3 is 5.73 Å². The van der Waals surface area contributed by atoms with Gasteiger partial charge in [0.15, 0.2) is 12.0 Å². The van der Waals surface area contributed by atoms with Crippen LogP contribution in [0.25, 0.3) is 0 Å². The van der Waals surface area contributed by atoms with Crippen LogP contribution < -0.4 is 10.7 Å². The predicted octanol–water partition coefficient (Wildman–Crippen LogP) is -0.522. The van der Waals surface area contributed by atoms with Gasteiger partial charge in [0.25, 0.3) is 0 Å². The molecule has 1 aromatic heterocycles. The molecule has 0 radical (unpaired) electrons. The molecule has 0 bridgehead atoms. The normalized spacial score (nSPS) is 8.57. The molecule has 0 fully saturated rings. The first kappa shape index (κ1) is 4.05. The highest BCUT2D eigenvalue weighted by Gasteiger charge is 1.81. The molecular weight excluding hydrogens is 90.1 g/mol. The van der Waals surface area contributed by atoms with Crippen LogP contribution in [-0.2, 0) is 0 Å². The fraction of sp³-hybridized carbons (Fsp3) is 0. The van der Waals surface area contributed by atoms with Crippen molar-refractivity contribution in [3.8, 4) is 0 Å². The number of anilines is 1. The number of H-pyrrole nitrogens is 1. The van der Waals surface area contributed by atoms with Gasteiger partial charge in [0.1, 0.15) is 0 Å². The van der Waals surface area contributed by atoms with E-state index in [1.165, 1.54) is 0 Å². The van der Waals surface area contributed by atoms with E-state index in [-0.39, 0.29) is 0 Å². The zero-order valence-corrected chi connectivity index (χ0v) is 3.76. The fourth-order valence-electron chi connectivity index (χ4n) is 0.337. The summed E-state index contributed by atoms with van der Waals surface area (Å²) < 4.78 is 0. The van der Waals surface area contributed by atoms with Crippen LogP contribution >= 0.6 is 0 Å². The molecule has 0 unspecified atom stereocenters. The minimum absolute atomic E-state index is 0.516. The number of nitrogens with zero attached hydrogens (tertiary/aromatic N) is 1. The van der Waals surface area contributed by atoms with E-state index < -0.39 is 0 Å². The second-order valence-corrected chi connectivity index (χ2v) is 1.18. The highest BCUT2D eigenvalue weighted by Crippen LogP contribution is 1.80. The fourth-order valence-corrected chi connectivity index (χ4v) is 0.337. The van der Waals surface area contributed by atoms with Gasteiger partial charge in [-0.15, -0.1) is 0 Å². The number of rotatable bonds is 0. The molecule has 0 aliphatic carbocycles. The van der Waals surface area contributed by atoms with E-state index in [0.29, 0.717) is 5.82 Å². The predicted molar refractivity (Wildman–Crippen MR) is 25.2 cm³/mol. The van der Waals surface area contributed by atoms with Crippen LogP contribution in [-0.4, -0.2) is 4.98 Å². The molecule has 3 nitrogen and oxygen atoms in total. The van der Waals surface area contributed by atoms with Gasteiger partial charge in [-0.1, -0.05) is 0 Å². The van der Waals surface area contributed by atoms with Gasteiger partial charge in [-0.25, -0.2) is 9.97 Å². The number of aromatic nitrogens is 2. The van der Waals surface area contributed by atoms with E-state index in [4.69, 9.17) is 5.73 Å². The Balaban J connectivity index is 3.02. The topological polar surface area (TPSA) is 53.0 Å². The van der Waals surface area contributed by atoms with Gasteiger partial charge in [0.05, 0.1) is 6.20 Å². The van der Waals surface area contributed by atoms with Gasteiger partial charge in [0, 0.05) is 0 Å². The highest BCUT2D eigenvalue weighted by molar-refractivity contribution is 5.17. The summed E-state index contributed by atoms with van der Waals surface area (Å²) >= 11 is 0. The Hall–Kier alpha value is -1.12. The summed E-state index contributed by atoms with van der Waals surface area (Å²) in [5.74, 6) is 0.516. The third kappa shape index (κ3) is 0.855. The first-order valence-corrected chi connectivity index (χ1v) is 1.97. The number of nitrogens with two attached hydrogens (primary N) is 1. The first-order valence-electron chi connectivity index (χ1n) is 1.97. The molecule has 7 heavy (non-hydrogen) atoms. The molecule has 1 aromatic rings. The van der Waals surface area contributed by atoms with E-state index in [1.54, 1.807) is 18.6 Å². The smallest absolute Gasteiger partial charge is 0.209 e. The maximum absolute atomic E-state index is 5.22. The average Bonchev–Trinajstić information content (AvgIpc) is 1.69. The molecule has 0 saturated heterocycles. The number of aromatic amines is 1. The Kier molecular flexibility index (Phi) is 0.898. The molecule has 0 amide bonds. The van der Waals surface area contributed by atoms with Crippen molar-refractivity contribution in [2.45, 2.75) is 0 Å². The Morgan fingerprint density at radius 1 is 1.71 bits per heavy atom. The number of hydrogen-bond donors (Lipinski definition) is 1. The maximum atomic E-state index is 5.22. The first-order chi connectivity index (χ1) is 3.39. The Bertz CT molecular complexity index is 137. The summed E-state index contributed by atoms with van der Waals surface area (Å²) in [5, 5.41) is 0. The van der Waals surface area contributed by atoms with Crippen LogP contribution in [0.5, 0.6) is 0 Å². The minimum Gasteiger partial charge on any atom is -0.379 e. The summed E-state index contributed by atoms with van der Waals surface area (Å²) in [6.45, 7) is 0. The standard InChI is InChI=1S/C4H5N3/c5-4-3-6-1-2-7-4/h1-3H,(H2,5,7)/p+1. The second-order valence-electron chi connectivity index (χ2n) is 1.18. The quantitative estimate of drug-likeness (QED) is 0.472. The van der Waals surface area contributed by atoms with Crippen molar-refractivity contribution in [3.05, 3.63) is 18.6 Å². The van der Waals surface area contributed by atoms with Gasteiger partial charge in [-0.3, -0.25) is 0 Å². The lowest BCUT2D eigenvalue weighted by Gasteiger charge is -1.77. The van der Waals surface area contributed by atoms with Crippen molar-refractivity contribution >= 4 is 5.82 Å². The lowest BCUT2D eigenvalue weighted by Crippen LogP contribution is -2.02. The van der Waals surface area contributed by atoms with E-state index in [0.717, 1.165) is 0 Å². The second kappa shape index (κ2) is 1.55. The molecule has 36 valence electrons. The highest BCUT2D eigenvalue weighted by atomic mass is 14.9. The summed E-state index contributed by atoms with van der Waals surface area (Å²) in [6.07, 6.45) is 4.94. The third-order valence-corrected chi connectivity index (χ3v) is 0.626. The average molecular weight is 96.1 g/mol. The molecule has 0 aromatic carbocycles. The molecule has 0 spiro atoms. The van der Waals surface area contributed by atoms with Crippen LogP contribution in [0.15, 0.2) is 18.6 Å². The monoisotopic (exact) mass is 96.1 g/mol. The molecule has 3 N–H and O–H groups in total. The van der Waals surface area contributed by atoms with E-state index >= 15 is 0 Å². The van der Waals surface area contributed by atoms with Crippen molar-refractivity contribution in [1.82, 2.24) is 4.98 Å². The van der Waals surface area contributed by atoms with Gasteiger partial charge in [-0.2, -0.15) is 0 Å². The molecule has 3 heteroatoms.